The van der Waals surface area contributed by atoms with Crippen molar-refractivity contribution in [1.29, 1.82) is 0 Å². The first-order valence-electron chi connectivity index (χ1n) is 8.98. The largest absolute Gasteiger partial charge is 1.00 e. The summed E-state index contributed by atoms with van der Waals surface area (Å²) in [5.41, 5.74) is 1.63. The number of carbonyl (C=O) groups is 2. The first-order chi connectivity index (χ1) is 14.5. The molecule has 4 rings (SSSR count). The SMILES string of the molecule is CC(=O)O.COc1cc2ccccc2cc1C=C1SC(=Nc2cc[c-]cc2)NC1=O.[Na+]. The minimum Gasteiger partial charge on any atom is -0.496 e. The molecule has 1 heterocycles. The van der Waals surface area contributed by atoms with Gasteiger partial charge in [0.1, 0.15) is 5.75 Å². The van der Waals surface area contributed by atoms with Crippen molar-refractivity contribution in [3.63, 3.8) is 0 Å². The number of thioether (sulfide) groups is 1. The number of nitrogens with zero attached hydrogens (tertiary/aromatic N) is 1. The number of hydrogen-bond donors (Lipinski definition) is 2. The Morgan fingerprint density at radius 2 is 1.77 bits per heavy atom. The van der Waals surface area contributed by atoms with Crippen LogP contribution in [0.5, 0.6) is 5.75 Å². The Morgan fingerprint density at radius 1 is 1.16 bits per heavy atom. The minimum absolute atomic E-state index is 0. The Balaban J connectivity index is 0.000000631. The Kier molecular flexibility index (Phi) is 9.33. The summed E-state index contributed by atoms with van der Waals surface area (Å²) in [7, 11) is 1.63. The van der Waals surface area contributed by atoms with Gasteiger partial charge >= 0.3 is 29.6 Å². The second-order valence-corrected chi connectivity index (χ2v) is 7.23. The van der Waals surface area contributed by atoms with Crippen LogP contribution in [0.1, 0.15) is 12.5 Å². The van der Waals surface area contributed by atoms with Crippen LogP contribution >= 0.6 is 11.8 Å². The molecule has 0 unspecified atom stereocenters. The molecule has 0 aliphatic carbocycles. The first kappa shape index (κ1) is 24.7. The van der Waals surface area contributed by atoms with E-state index in [1.54, 1.807) is 19.2 Å². The number of rotatable bonds is 3. The van der Waals surface area contributed by atoms with Crippen molar-refractivity contribution >= 4 is 51.3 Å². The smallest absolute Gasteiger partial charge is 0.496 e. The summed E-state index contributed by atoms with van der Waals surface area (Å²) in [6.45, 7) is 1.08. The topological polar surface area (TPSA) is 88.0 Å². The van der Waals surface area contributed by atoms with Crippen LogP contribution < -0.4 is 39.6 Å². The maximum Gasteiger partial charge on any atom is 1.00 e. The summed E-state index contributed by atoms with van der Waals surface area (Å²) >= 11 is 1.32. The van der Waals surface area contributed by atoms with Gasteiger partial charge in [0.05, 0.1) is 12.0 Å². The molecule has 0 aromatic heterocycles. The molecule has 0 bridgehead atoms. The third-order valence-corrected chi connectivity index (χ3v) is 4.88. The van der Waals surface area contributed by atoms with Gasteiger partial charge in [-0.15, -0.1) is 12.1 Å². The molecule has 31 heavy (non-hydrogen) atoms. The van der Waals surface area contributed by atoms with E-state index in [4.69, 9.17) is 14.6 Å². The molecule has 6 nitrogen and oxygen atoms in total. The number of amidine groups is 1. The quantitative estimate of drug-likeness (QED) is 0.366. The number of benzene rings is 3. The zero-order valence-electron chi connectivity index (χ0n) is 17.4. The summed E-state index contributed by atoms with van der Waals surface area (Å²) in [5, 5.41) is 13.0. The van der Waals surface area contributed by atoms with Crippen LogP contribution in [0.4, 0.5) is 5.69 Å². The molecule has 0 atom stereocenters. The van der Waals surface area contributed by atoms with Crippen molar-refractivity contribution < 1.29 is 49.0 Å². The Morgan fingerprint density at radius 3 is 2.39 bits per heavy atom. The van der Waals surface area contributed by atoms with Gasteiger partial charge in [-0.1, -0.05) is 24.3 Å². The van der Waals surface area contributed by atoms with Gasteiger partial charge in [-0.05, 0) is 46.4 Å². The number of carboxylic acid groups (broad SMARTS) is 1. The van der Waals surface area contributed by atoms with Crippen molar-refractivity contribution in [2.75, 3.05) is 7.11 Å². The third-order valence-electron chi connectivity index (χ3n) is 3.97. The van der Waals surface area contributed by atoms with Crippen LogP contribution in [0.3, 0.4) is 0 Å². The molecule has 152 valence electrons. The molecule has 2 N–H and O–H groups in total. The molecule has 8 heteroatoms. The van der Waals surface area contributed by atoms with Gasteiger partial charge in [-0.3, -0.25) is 14.6 Å². The van der Waals surface area contributed by atoms with Gasteiger partial charge in [0.15, 0.2) is 5.17 Å². The van der Waals surface area contributed by atoms with Gasteiger partial charge in [-0.2, -0.15) is 18.2 Å². The van der Waals surface area contributed by atoms with Crippen LogP contribution in [0.25, 0.3) is 16.8 Å². The predicted molar refractivity (Wildman–Crippen MR) is 120 cm³/mol. The van der Waals surface area contributed by atoms with Gasteiger partial charge < -0.3 is 15.2 Å². The molecule has 3 aromatic rings. The third kappa shape index (κ3) is 6.97. The molecule has 1 aliphatic heterocycles. The summed E-state index contributed by atoms with van der Waals surface area (Å²) in [4.78, 5) is 26.3. The maximum absolute atomic E-state index is 12.3. The fourth-order valence-electron chi connectivity index (χ4n) is 2.72. The number of carbonyl (C=O) groups excluding carboxylic acids is 1. The molecule has 0 saturated carbocycles. The fraction of sp³-hybridized carbons (Fsp3) is 0.0870. The van der Waals surface area contributed by atoms with Crippen molar-refractivity contribution in [1.82, 2.24) is 5.32 Å². The number of ether oxygens (including phenoxy) is 1. The van der Waals surface area contributed by atoms with Gasteiger partial charge in [0.2, 0.25) is 0 Å². The van der Waals surface area contributed by atoms with Crippen molar-refractivity contribution in [2.45, 2.75) is 6.92 Å². The molecule has 0 radical (unpaired) electrons. The normalized spacial score (nSPS) is 15.1. The molecule has 1 fully saturated rings. The summed E-state index contributed by atoms with van der Waals surface area (Å²) in [6, 6.07) is 22.3. The van der Waals surface area contributed by atoms with Gasteiger partial charge in [-0.25, -0.2) is 0 Å². The molecule has 0 spiro atoms. The molecular formula is C23H19N2NaO4S. The standard InChI is InChI=1S/C21H15N2O2S.C2H4O2.Na/c1-25-18-12-15-8-6-5-7-14(15)11-16(18)13-19-20(24)23-21(26-19)22-17-9-3-2-4-10-17;1-2(3)4;/h3-13H,1H3,(H,22,23,24);1H3,(H,3,4);/q-1;;+1. The number of amides is 1. The van der Waals surface area contributed by atoms with E-state index in [-0.39, 0.29) is 35.5 Å². The van der Waals surface area contributed by atoms with E-state index < -0.39 is 5.97 Å². The van der Waals surface area contributed by atoms with Crippen LogP contribution in [0.15, 0.2) is 70.6 Å². The molecular weight excluding hydrogens is 423 g/mol. The van der Waals surface area contributed by atoms with Crippen molar-refractivity contribution in [3.8, 4) is 5.75 Å². The number of carboxylic acids is 1. The average molecular weight is 442 g/mol. The van der Waals surface area contributed by atoms with E-state index in [2.05, 4.69) is 16.4 Å². The molecule has 1 aliphatic rings. The molecule has 1 amide bonds. The summed E-state index contributed by atoms with van der Waals surface area (Å²) in [5.74, 6) is -0.264. The average Bonchev–Trinajstić information content (AvgIpc) is 3.06. The second-order valence-electron chi connectivity index (χ2n) is 6.20. The Bertz CT molecular complexity index is 1140. The number of hydrogen-bond acceptors (Lipinski definition) is 5. The number of aliphatic imine (C=N–C) groups is 1. The van der Waals surface area contributed by atoms with E-state index in [0.717, 1.165) is 34.7 Å². The first-order valence-corrected chi connectivity index (χ1v) is 9.80. The van der Waals surface area contributed by atoms with E-state index in [1.807, 2.05) is 54.6 Å². The molecule has 1 saturated heterocycles. The number of nitrogens with one attached hydrogen (secondary N) is 1. The van der Waals surface area contributed by atoms with Crippen LogP contribution in [-0.2, 0) is 9.59 Å². The maximum atomic E-state index is 12.3. The van der Waals surface area contributed by atoms with Crippen LogP contribution in [0, 0.1) is 6.07 Å². The Hall–Kier alpha value is -2.58. The van der Waals surface area contributed by atoms with Crippen LogP contribution in [-0.4, -0.2) is 29.3 Å². The van der Waals surface area contributed by atoms with E-state index in [9.17, 15) is 4.79 Å². The monoisotopic (exact) mass is 442 g/mol. The van der Waals surface area contributed by atoms with Gasteiger partial charge in [0.25, 0.3) is 11.9 Å². The number of aliphatic carboxylic acids is 1. The Labute approximate surface area is 206 Å². The number of fused-ring (bicyclic) bond motifs is 1. The minimum atomic E-state index is -0.833. The predicted octanol–water partition coefficient (Wildman–Crippen LogP) is 1.64. The summed E-state index contributed by atoms with van der Waals surface area (Å²) in [6.07, 6.45) is 1.84. The van der Waals surface area contributed by atoms with E-state index in [1.165, 1.54) is 11.8 Å². The molecule has 3 aromatic carbocycles. The fourth-order valence-corrected chi connectivity index (χ4v) is 3.55. The zero-order chi connectivity index (χ0) is 21.5. The second kappa shape index (κ2) is 11.7. The zero-order valence-corrected chi connectivity index (χ0v) is 20.2. The summed E-state index contributed by atoms with van der Waals surface area (Å²) < 4.78 is 5.50. The van der Waals surface area contributed by atoms with Crippen molar-refractivity contribution in [2.24, 2.45) is 4.99 Å². The van der Waals surface area contributed by atoms with E-state index in [0.29, 0.717) is 10.1 Å². The van der Waals surface area contributed by atoms with E-state index >= 15 is 0 Å². The van der Waals surface area contributed by atoms with Crippen molar-refractivity contribution in [3.05, 3.63) is 77.2 Å². The van der Waals surface area contributed by atoms with Gasteiger partial charge in [0, 0.05) is 12.5 Å². The van der Waals surface area contributed by atoms with Crippen LogP contribution in [0.2, 0.25) is 0 Å². The number of methoxy groups -OCH3 is 1.